The minimum Gasteiger partial charge on any atom is -0.497 e. The van der Waals surface area contributed by atoms with Gasteiger partial charge in [0.1, 0.15) is 5.75 Å². The van der Waals surface area contributed by atoms with E-state index in [2.05, 4.69) is 12.2 Å². The van der Waals surface area contributed by atoms with Crippen molar-refractivity contribution in [2.75, 3.05) is 13.7 Å². The van der Waals surface area contributed by atoms with Crippen LogP contribution < -0.4 is 10.1 Å². The van der Waals surface area contributed by atoms with Crippen molar-refractivity contribution in [3.63, 3.8) is 0 Å². The summed E-state index contributed by atoms with van der Waals surface area (Å²) in [6, 6.07) is 17.7. The maximum Gasteiger partial charge on any atom is 0.332 e. The Morgan fingerprint density at radius 2 is 1.79 bits per heavy atom. The molecule has 0 bridgehead atoms. The van der Waals surface area contributed by atoms with Crippen LogP contribution in [0.5, 0.6) is 5.75 Å². The van der Waals surface area contributed by atoms with E-state index >= 15 is 0 Å². The number of esters is 1. The molecule has 126 valence electrons. The number of nitrogens with one attached hydrogen (secondary N) is 1. The lowest BCUT2D eigenvalue weighted by atomic mass is 10.1. The summed E-state index contributed by atoms with van der Waals surface area (Å²) in [5, 5.41) is 3.40. The second kappa shape index (κ2) is 8.77. The van der Waals surface area contributed by atoms with E-state index < -0.39 is 0 Å². The largest absolute Gasteiger partial charge is 0.497 e. The van der Waals surface area contributed by atoms with Gasteiger partial charge in [0.2, 0.25) is 0 Å². The zero-order valence-corrected chi connectivity index (χ0v) is 14.3. The summed E-state index contributed by atoms with van der Waals surface area (Å²) < 4.78 is 10.2. The fourth-order valence-corrected chi connectivity index (χ4v) is 2.34. The molecule has 4 nitrogen and oxygen atoms in total. The Labute approximate surface area is 143 Å². The van der Waals surface area contributed by atoms with E-state index in [1.54, 1.807) is 14.0 Å². The topological polar surface area (TPSA) is 47.6 Å². The van der Waals surface area contributed by atoms with Crippen molar-refractivity contribution in [2.24, 2.45) is 0 Å². The van der Waals surface area contributed by atoms with Crippen molar-refractivity contribution in [3.05, 3.63) is 71.8 Å². The molecule has 0 amide bonds. The predicted octanol–water partition coefficient (Wildman–Crippen LogP) is 3.95. The summed E-state index contributed by atoms with van der Waals surface area (Å²) in [5.74, 6) is 0.404. The van der Waals surface area contributed by atoms with Crippen LogP contribution in [-0.2, 0) is 9.53 Å². The van der Waals surface area contributed by atoms with Gasteiger partial charge < -0.3 is 14.8 Å². The highest BCUT2D eigenvalue weighted by Gasteiger charge is 2.11. The Morgan fingerprint density at radius 1 is 1.12 bits per heavy atom. The molecule has 0 heterocycles. The monoisotopic (exact) mass is 325 g/mol. The Balaban J connectivity index is 2.26. The molecule has 2 aromatic carbocycles. The number of methoxy groups -OCH3 is 1. The first-order valence-electron chi connectivity index (χ1n) is 7.98. The van der Waals surface area contributed by atoms with Crippen molar-refractivity contribution in [3.8, 4) is 5.75 Å². The molecule has 0 fully saturated rings. The zero-order valence-electron chi connectivity index (χ0n) is 14.3. The number of carbonyl (C=O) groups excluding carboxylic acids is 1. The van der Waals surface area contributed by atoms with E-state index in [0.717, 1.165) is 16.9 Å². The summed E-state index contributed by atoms with van der Waals surface area (Å²) >= 11 is 0. The first-order chi connectivity index (χ1) is 11.6. The number of benzene rings is 2. The summed E-state index contributed by atoms with van der Waals surface area (Å²) in [7, 11) is 1.63. The minimum atomic E-state index is -0.365. The molecule has 24 heavy (non-hydrogen) atoms. The van der Waals surface area contributed by atoms with Crippen LogP contribution in [-0.4, -0.2) is 19.7 Å². The maximum absolute atomic E-state index is 11.9. The third kappa shape index (κ3) is 4.88. The van der Waals surface area contributed by atoms with E-state index in [9.17, 15) is 4.79 Å². The van der Waals surface area contributed by atoms with Gasteiger partial charge in [-0.15, -0.1) is 0 Å². The molecular weight excluding hydrogens is 302 g/mol. The standard InChI is InChI=1S/C20H23NO3/c1-4-24-20(22)14-19(17-10-12-18(23-3)13-11-17)21-15(2)16-8-6-5-7-9-16/h5-15,21H,4H2,1-3H3/b19-14+/t15-/m0/s1. The maximum atomic E-state index is 11.9. The van der Waals surface area contributed by atoms with Gasteiger partial charge in [0.15, 0.2) is 0 Å². The fourth-order valence-electron chi connectivity index (χ4n) is 2.34. The molecule has 0 unspecified atom stereocenters. The van der Waals surface area contributed by atoms with Crippen LogP contribution in [0.2, 0.25) is 0 Å². The average Bonchev–Trinajstić information content (AvgIpc) is 2.62. The van der Waals surface area contributed by atoms with Gasteiger partial charge in [0, 0.05) is 17.8 Å². The highest BCUT2D eigenvalue weighted by Crippen LogP contribution is 2.21. The zero-order chi connectivity index (χ0) is 17.4. The van der Waals surface area contributed by atoms with Gasteiger partial charge in [-0.3, -0.25) is 0 Å². The van der Waals surface area contributed by atoms with Crippen molar-refractivity contribution in [2.45, 2.75) is 19.9 Å². The van der Waals surface area contributed by atoms with Gasteiger partial charge in [0.05, 0.1) is 13.7 Å². The second-order valence-corrected chi connectivity index (χ2v) is 5.32. The van der Waals surface area contributed by atoms with E-state index in [1.165, 1.54) is 6.08 Å². The summed E-state index contributed by atoms with van der Waals surface area (Å²) in [5.41, 5.74) is 2.75. The van der Waals surface area contributed by atoms with Gasteiger partial charge in [-0.05, 0) is 49.2 Å². The Hall–Kier alpha value is -2.75. The molecule has 4 heteroatoms. The van der Waals surface area contributed by atoms with Crippen molar-refractivity contribution in [1.82, 2.24) is 5.32 Å². The molecule has 1 N–H and O–H groups in total. The molecule has 0 spiro atoms. The van der Waals surface area contributed by atoms with Crippen LogP contribution in [0.15, 0.2) is 60.7 Å². The van der Waals surface area contributed by atoms with E-state index in [4.69, 9.17) is 9.47 Å². The lowest BCUT2D eigenvalue weighted by Crippen LogP contribution is -2.18. The highest BCUT2D eigenvalue weighted by molar-refractivity contribution is 5.91. The summed E-state index contributed by atoms with van der Waals surface area (Å²) in [6.45, 7) is 4.19. The van der Waals surface area contributed by atoms with Crippen LogP contribution >= 0.6 is 0 Å². The van der Waals surface area contributed by atoms with E-state index in [0.29, 0.717) is 12.3 Å². The minimum absolute atomic E-state index is 0.0500. The van der Waals surface area contributed by atoms with Crippen LogP contribution in [0.1, 0.15) is 31.0 Å². The molecule has 0 aliphatic heterocycles. The van der Waals surface area contributed by atoms with Gasteiger partial charge in [-0.1, -0.05) is 30.3 Å². The predicted molar refractivity (Wildman–Crippen MR) is 95.6 cm³/mol. The average molecular weight is 325 g/mol. The summed E-state index contributed by atoms with van der Waals surface area (Å²) in [4.78, 5) is 11.9. The van der Waals surface area contributed by atoms with Crippen LogP contribution in [0, 0.1) is 0 Å². The molecule has 0 radical (unpaired) electrons. The lowest BCUT2D eigenvalue weighted by Gasteiger charge is -2.19. The van der Waals surface area contributed by atoms with Gasteiger partial charge in [0.25, 0.3) is 0 Å². The number of hydrogen-bond acceptors (Lipinski definition) is 4. The van der Waals surface area contributed by atoms with Gasteiger partial charge in [-0.2, -0.15) is 0 Å². The lowest BCUT2D eigenvalue weighted by molar-refractivity contribution is -0.137. The Bertz CT molecular complexity index is 678. The number of rotatable bonds is 7. The van der Waals surface area contributed by atoms with Crippen molar-refractivity contribution >= 4 is 11.7 Å². The number of hydrogen-bond donors (Lipinski definition) is 1. The molecule has 2 aromatic rings. The molecular formula is C20H23NO3. The smallest absolute Gasteiger partial charge is 0.332 e. The molecule has 1 atom stereocenters. The molecule has 2 rings (SSSR count). The normalized spacial score (nSPS) is 12.4. The molecule has 0 aliphatic rings. The molecule has 0 saturated carbocycles. The molecule has 0 saturated heterocycles. The first kappa shape index (κ1) is 17.6. The van der Waals surface area contributed by atoms with E-state index in [-0.39, 0.29) is 12.0 Å². The molecule has 0 aliphatic carbocycles. The summed E-state index contributed by atoms with van der Waals surface area (Å²) in [6.07, 6.45) is 1.49. The fraction of sp³-hybridized carbons (Fsp3) is 0.250. The van der Waals surface area contributed by atoms with Gasteiger partial charge >= 0.3 is 5.97 Å². The van der Waals surface area contributed by atoms with Crippen molar-refractivity contribution < 1.29 is 14.3 Å². The molecule has 0 aromatic heterocycles. The van der Waals surface area contributed by atoms with Crippen LogP contribution in [0.4, 0.5) is 0 Å². The Kier molecular flexibility index (Phi) is 6.43. The third-order valence-corrected chi connectivity index (χ3v) is 3.62. The van der Waals surface area contributed by atoms with Crippen LogP contribution in [0.3, 0.4) is 0 Å². The first-order valence-corrected chi connectivity index (χ1v) is 7.98. The Morgan fingerprint density at radius 3 is 2.38 bits per heavy atom. The second-order valence-electron chi connectivity index (χ2n) is 5.32. The quantitative estimate of drug-likeness (QED) is 0.618. The van der Waals surface area contributed by atoms with Gasteiger partial charge in [-0.25, -0.2) is 4.79 Å². The third-order valence-electron chi connectivity index (χ3n) is 3.62. The van der Waals surface area contributed by atoms with E-state index in [1.807, 2.05) is 54.6 Å². The highest BCUT2D eigenvalue weighted by atomic mass is 16.5. The number of carbonyl (C=O) groups is 1. The van der Waals surface area contributed by atoms with Crippen molar-refractivity contribution in [1.29, 1.82) is 0 Å². The van der Waals surface area contributed by atoms with Crippen LogP contribution in [0.25, 0.3) is 5.70 Å². The number of ether oxygens (including phenoxy) is 2. The SMILES string of the molecule is CCOC(=O)/C=C(/N[C@@H](C)c1ccccc1)c1ccc(OC)cc1.